The van der Waals surface area contributed by atoms with Crippen LogP contribution in [0, 0.1) is 53.8 Å². The van der Waals surface area contributed by atoms with Gasteiger partial charge in [-0.05, 0) is 117 Å². The van der Waals surface area contributed by atoms with Crippen LogP contribution in [0.3, 0.4) is 0 Å². The third kappa shape index (κ3) is 5.49. The van der Waals surface area contributed by atoms with Gasteiger partial charge < -0.3 is 0 Å². The van der Waals surface area contributed by atoms with E-state index < -0.39 is 10.1 Å². The lowest BCUT2D eigenvalue weighted by molar-refractivity contribution is -0.0283. The Morgan fingerprint density at radius 1 is 0.973 bits per heavy atom. The van der Waals surface area contributed by atoms with Gasteiger partial charge in [0.15, 0.2) is 0 Å². The summed E-state index contributed by atoms with van der Waals surface area (Å²) >= 11 is 0. The predicted molar refractivity (Wildman–Crippen MR) is 152 cm³/mol. The van der Waals surface area contributed by atoms with E-state index in [0.29, 0.717) is 11.3 Å². The molecule has 0 bridgehead atoms. The summed E-state index contributed by atoms with van der Waals surface area (Å²) in [6.45, 7) is 11.9. The lowest BCUT2D eigenvalue weighted by atomic mass is 9.51. The van der Waals surface area contributed by atoms with Gasteiger partial charge >= 0.3 is 0 Å². The highest BCUT2D eigenvalue weighted by atomic mass is 32.2. The van der Waals surface area contributed by atoms with Crippen LogP contribution in [0.2, 0.25) is 0 Å². The van der Waals surface area contributed by atoms with E-state index in [9.17, 15) is 8.42 Å². The molecular weight excluding hydrogens is 476 g/mol. The smallest absolute Gasteiger partial charge is 0.263 e. The summed E-state index contributed by atoms with van der Waals surface area (Å²) in [5.41, 5.74) is 3.07. The van der Waals surface area contributed by atoms with Crippen LogP contribution in [0.5, 0.6) is 0 Å². The highest BCUT2D eigenvalue weighted by molar-refractivity contribution is 7.86. The van der Waals surface area contributed by atoms with Gasteiger partial charge in [-0.1, -0.05) is 76.3 Å². The zero-order chi connectivity index (χ0) is 26.4. The molecule has 0 aliphatic heterocycles. The topological polar surface area (TPSA) is 43.4 Å². The van der Waals surface area contributed by atoms with Gasteiger partial charge in [-0.25, -0.2) is 0 Å². The van der Waals surface area contributed by atoms with Crippen LogP contribution in [0.1, 0.15) is 104 Å². The maximum atomic E-state index is 12.9. The van der Waals surface area contributed by atoms with Gasteiger partial charge in [0.2, 0.25) is 0 Å². The van der Waals surface area contributed by atoms with E-state index in [-0.39, 0.29) is 11.0 Å². The average molecular weight is 527 g/mol. The molecule has 1 aromatic carbocycles. The van der Waals surface area contributed by atoms with Crippen molar-refractivity contribution in [3.05, 3.63) is 41.5 Å². The molecule has 3 nitrogen and oxygen atoms in total. The fourth-order valence-electron chi connectivity index (χ4n) is 9.28. The Morgan fingerprint density at radius 2 is 1.73 bits per heavy atom. The van der Waals surface area contributed by atoms with Crippen molar-refractivity contribution in [1.29, 1.82) is 0 Å². The van der Waals surface area contributed by atoms with Crippen LogP contribution < -0.4 is 0 Å². The summed E-state index contributed by atoms with van der Waals surface area (Å²) in [4.78, 5) is 0.277. The molecule has 4 aliphatic rings. The van der Waals surface area contributed by atoms with Crippen molar-refractivity contribution >= 4 is 10.1 Å². The number of allylic oxidation sites excluding steroid dienone is 1. The molecule has 3 saturated carbocycles. The fraction of sp³-hybridized carbons (Fsp3) is 0.758. The molecule has 1 aromatic rings. The molecule has 0 saturated heterocycles. The standard InChI is InChI=1S/C33H50O3S/c1-22(2)7-6-8-24(4)31-17-18-32-30-15-11-25-21-26(12-16-28(25)29(30)19-20-33(31,32)5)36-37(34,35)27-13-9-23(3)10-14-27/h9-11,13-14,22,24,26,28-32H,6-8,12,15-21H2,1-5H3/t24-,26+,28+,29+,30+,31-,32+,33+/m0/s1. The van der Waals surface area contributed by atoms with Crippen molar-refractivity contribution in [2.24, 2.45) is 46.8 Å². The molecular formula is C33H50O3S. The van der Waals surface area contributed by atoms with Gasteiger partial charge in [-0.2, -0.15) is 8.42 Å². The highest BCUT2D eigenvalue weighted by Gasteiger charge is 2.56. The van der Waals surface area contributed by atoms with E-state index in [0.717, 1.165) is 60.3 Å². The summed E-state index contributed by atoms with van der Waals surface area (Å²) in [5, 5.41) is 0. The first-order chi connectivity index (χ1) is 17.6. The Kier molecular flexibility index (Phi) is 8.01. The molecule has 8 atom stereocenters. The van der Waals surface area contributed by atoms with Crippen LogP contribution in [0.25, 0.3) is 0 Å². The normalized spacial score (nSPS) is 36.4. The number of benzene rings is 1. The molecule has 0 heterocycles. The minimum atomic E-state index is -3.71. The van der Waals surface area contributed by atoms with Crippen molar-refractivity contribution in [3.63, 3.8) is 0 Å². The van der Waals surface area contributed by atoms with Gasteiger partial charge in [0.1, 0.15) is 0 Å². The molecule has 4 aliphatic carbocycles. The molecule has 0 radical (unpaired) electrons. The molecule has 0 unspecified atom stereocenters. The Morgan fingerprint density at radius 3 is 2.46 bits per heavy atom. The van der Waals surface area contributed by atoms with Crippen molar-refractivity contribution in [3.8, 4) is 0 Å². The van der Waals surface area contributed by atoms with Crippen LogP contribution >= 0.6 is 0 Å². The predicted octanol–water partition coefficient (Wildman–Crippen LogP) is 8.72. The van der Waals surface area contributed by atoms with Gasteiger partial charge in [0, 0.05) is 0 Å². The first kappa shape index (κ1) is 27.4. The van der Waals surface area contributed by atoms with E-state index in [1.54, 1.807) is 12.1 Å². The quantitative estimate of drug-likeness (QED) is 0.251. The Hall–Kier alpha value is -1.13. The van der Waals surface area contributed by atoms with Crippen molar-refractivity contribution in [1.82, 2.24) is 0 Å². The SMILES string of the molecule is Cc1ccc(S(=O)(=O)O[C@@H]2CC[C@@H]3C(=CC[C@@H]4[C@@H]3CC[C@@]3(C)[C@@H]4CC[C@H]3[C@@H](C)CCCC(C)C)C2)cc1. The summed E-state index contributed by atoms with van der Waals surface area (Å²) in [6.07, 6.45) is 16.0. The van der Waals surface area contributed by atoms with E-state index in [2.05, 4.69) is 33.8 Å². The van der Waals surface area contributed by atoms with Gasteiger partial charge in [0.05, 0.1) is 11.0 Å². The van der Waals surface area contributed by atoms with E-state index in [4.69, 9.17) is 4.18 Å². The van der Waals surface area contributed by atoms with Crippen molar-refractivity contribution in [2.75, 3.05) is 0 Å². The summed E-state index contributed by atoms with van der Waals surface area (Å²) < 4.78 is 31.6. The summed E-state index contributed by atoms with van der Waals surface area (Å²) in [6, 6.07) is 7.02. The second kappa shape index (κ2) is 10.8. The van der Waals surface area contributed by atoms with Crippen LogP contribution in [-0.4, -0.2) is 14.5 Å². The third-order valence-electron chi connectivity index (χ3n) is 11.2. The Balaban J connectivity index is 1.23. The largest absolute Gasteiger partial charge is 0.297 e. The number of hydrogen-bond acceptors (Lipinski definition) is 3. The van der Waals surface area contributed by atoms with E-state index in [1.165, 1.54) is 56.9 Å². The number of fused-ring (bicyclic) bond motifs is 5. The van der Waals surface area contributed by atoms with Gasteiger partial charge in [0.25, 0.3) is 10.1 Å². The molecule has 0 aromatic heterocycles. The second-order valence-electron chi connectivity index (χ2n) is 13.9. The van der Waals surface area contributed by atoms with Crippen molar-refractivity contribution < 1.29 is 12.6 Å². The van der Waals surface area contributed by atoms with Gasteiger partial charge in [-0.15, -0.1) is 0 Å². The van der Waals surface area contributed by atoms with E-state index >= 15 is 0 Å². The van der Waals surface area contributed by atoms with E-state index in [1.807, 2.05) is 19.1 Å². The van der Waals surface area contributed by atoms with Gasteiger partial charge in [-0.3, -0.25) is 4.18 Å². The molecule has 5 rings (SSSR count). The van der Waals surface area contributed by atoms with Crippen LogP contribution in [0.15, 0.2) is 40.8 Å². The molecule has 0 amide bonds. The maximum absolute atomic E-state index is 12.9. The third-order valence-corrected chi connectivity index (χ3v) is 12.5. The average Bonchev–Trinajstić information content (AvgIpc) is 3.21. The van der Waals surface area contributed by atoms with Crippen LogP contribution in [0.4, 0.5) is 0 Å². The highest BCUT2D eigenvalue weighted by Crippen LogP contribution is 2.64. The summed E-state index contributed by atoms with van der Waals surface area (Å²) in [5.74, 6) is 5.71. The second-order valence-corrected chi connectivity index (χ2v) is 15.4. The molecule has 4 heteroatoms. The van der Waals surface area contributed by atoms with Crippen LogP contribution in [-0.2, 0) is 14.3 Å². The Labute approximate surface area is 227 Å². The minimum Gasteiger partial charge on any atom is -0.263 e. The molecule has 0 N–H and O–H groups in total. The minimum absolute atomic E-state index is 0.221. The number of hydrogen-bond donors (Lipinski definition) is 0. The van der Waals surface area contributed by atoms with Crippen molar-refractivity contribution in [2.45, 2.75) is 116 Å². The zero-order valence-electron chi connectivity index (χ0n) is 23.9. The first-order valence-electron chi connectivity index (χ1n) is 15.3. The molecule has 206 valence electrons. The Bertz CT molecular complexity index is 1070. The monoisotopic (exact) mass is 526 g/mol. The lowest BCUT2D eigenvalue weighted by Gasteiger charge is -2.54. The fourth-order valence-corrected chi connectivity index (χ4v) is 10.4. The molecule has 0 spiro atoms. The molecule has 3 fully saturated rings. The maximum Gasteiger partial charge on any atom is 0.297 e. The zero-order valence-corrected chi connectivity index (χ0v) is 24.7. The molecule has 37 heavy (non-hydrogen) atoms. The number of aryl methyl sites for hydroxylation is 1. The number of rotatable bonds is 8. The lowest BCUT2D eigenvalue weighted by Crippen LogP contribution is -2.47. The summed E-state index contributed by atoms with van der Waals surface area (Å²) in [7, 11) is -3.71. The first-order valence-corrected chi connectivity index (χ1v) is 16.7.